The molecule has 0 aliphatic heterocycles. The fraction of sp³-hybridized carbons (Fsp3) is 0.243. The SMILES string of the molecule is Cc1ccc(CC(NC(=O)OCC2c3ccccc3-c3ccccc32)C(=O)N[C@@H](C)C(=O)N[C@@H](Cc2ccccc2)C(N)=O)cc1. The highest BCUT2D eigenvalue weighted by molar-refractivity contribution is 5.93. The number of amides is 4. The van der Waals surface area contributed by atoms with Gasteiger partial charge in [0.15, 0.2) is 0 Å². The van der Waals surface area contributed by atoms with E-state index in [2.05, 4.69) is 28.1 Å². The molecule has 0 saturated carbocycles. The van der Waals surface area contributed by atoms with Gasteiger partial charge in [-0.1, -0.05) is 109 Å². The second-order valence-electron chi connectivity index (χ2n) is 11.6. The first-order chi connectivity index (χ1) is 22.2. The molecule has 1 aliphatic rings. The lowest BCUT2D eigenvalue weighted by atomic mass is 9.98. The molecular formula is C37H38N4O5. The Bertz CT molecular complexity index is 1660. The van der Waals surface area contributed by atoms with Gasteiger partial charge in [-0.05, 0) is 47.2 Å². The van der Waals surface area contributed by atoms with Gasteiger partial charge in [0.05, 0.1) is 0 Å². The summed E-state index contributed by atoms with van der Waals surface area (Å²) in [5.74, 6) is -1.98. The molecule has 0 bridgehead atoms. The minimum absolute atomic E-state index is 0.0907. The number of alkyl carbamates (subject to hydrolysis) is 1. The highest BCUT2D eigenvalue weighted by Gasteiger charge is 2.31. The summed E-state index contributed by atoms with van der Waals surface area (Å²) in [6.45, 7) is 3.55. The van der Waals surface area contributed by atoms with Crippen molar-refractivity contribution in [2.75, 3.05) is 6.61 Å². The maximum Gasteiger partial charge on any atom is 0.407 e. The van der Waals surface area contributed by atoms with E-state index in [1.807, 2.05) is 97.9 Å². The first kappa shape index (κ1) is 32.0. The Balaban J connectivity index is 1.24. The third-order valence-electron chi connectivity index (χ3n) is 8.21. The van der Waals surface area contributed by atoms with Gasteiger partial charge in [-0.2, -0.15) is 0 Å². The van der Waals surface area contributed by atoms with E-state index in [-0.39, 0.29) is 25.4 Å². The van der Waals surface area contributed by atoms with Crippen LogP contribution in [0.15, 0.2) is 103 Å². The summed E-state index contributed by atoms with van der Waals surface area (Å²) in [4.78, 5) is 51.8. The molecule has 0 spiro atoms. The number of primary amides is 1. The molecule has 236 valence electrons. The Morgan fingerprint density at radius 2 is 1.22 bits per heavy atom. The number of nitrogens with two attached hydrogens (primary N) is 1. The van der Waals surface area contributed by atoms with Crippen LogP contribution in [0.1, 0.15) is 40.7 Å². The van der Waals surface area contributed by atoms with Gasteiger partial charge in [-0.25, -0.2) is 4.79 Å². The Morgan fingerprint density at radius 1 is 0.674 bits per heavy atom. The number of nitrogens with one attached hydrogen (secondary N) is 3. The molecule has 5 N–H and O–H groups in total. The summed E-state index contributed by atoms with van der Waals surface area (Å²) in [5, 5.41) is 8.02. The Labute approximate surface area is 268 Å². The van der Waals surface area contributed by atoms with Crippen molar-refractivity contribution in [2.24, 2.45) is 5.73 Å². The summed E-state index contributed by atoms with van der Waals surface area (Å²) in [7, 11) is 0. The smallest absolute Gasteiger partial charge is 0.407 e. The fourth-order valence-electron chi connectivity index (χ4n) is 5.70. The van der Waals surface area contributed by atoms with E-state index in [1.54, 1.807) is 0 Å². The molecule has 3 atom stereocenters. The van der Waals surface area contributed by atoms with Crippen molar-refractivity contribution in [1.29, 1.82) is 0 Å². The van der Waals surface area contributed by atoms with Crippen LogP contribution in [0, 0.1) is 6.92 Å². The van der Waals surface area contributed by atoms with Gasteiger partial charge in [-0.3, -0.25) is 14.4 Å². The van der Waals surface area contributed by atoms with Crippen LogP contribution >= 0.6 is 0 Å². The number of fused-ring (bicyclic) bond motifs is 3. The minimum Gasteiger partial charge on any atom is -0.449 e. The average molecular weight is 619 g/mol. The molecule has 0 heterocycles. The highest BCUT2D eigenvalue weighted by Crippen LogP contribution is 2.44. The van der Waals surface area contributed by atoms with Crippen LogP contribution in [0.5, 0.6) is 0 Å². The number of rotatable bonds is 12. The van der Waals surface area contributed by atoms with E-state index in [0.29, 0.717) is 0 Å². The zero-order valence-corrected chi connectivity index (χ0v) is 25.9. The Morgan fingerprint density at radius 3 is 1.83 bits per heavy atom. The molecule has 9 heteroatoms. The van der Waals surface area contributed by atoms with Crippen LogP contribution in [-0.4, -0.2) is 48.5 Å². The first-order valence-electron chi connectivity index (χ1n) is 15.3. The van der Waals surface area contributed by atoms with Crippen LogP contribution in [0.3, 0.4) is 0 Å². The predicted octanol–water partition coefficient (Wildman–Crippen LogP) is 4.16. The van der Waals surface area contributed by atoms with Gasteiger partial charge < -0.3 is 26.4 Å². The van der Waals surface area contributed by atoms with Crippen molar-refractivity contribution < 1.29 is 23.9 Å². The summed E-state index contributed by atoms with van der Waals surface area (Å²) < 4.78 is 5.70. The standard InChI is InChI=1S/C37H38N4O5/c1-23-16-18-26(19-17-23)21-33(36(44)39-24(2)35(43)40-32(34(38)42)20-25-10-4-3-5-11-25)41-37(45)46-22-31-29-14-8-6-12-27(29)28-13-7-9-15-30(28)31/h3-19,24,31-33H,20-22H2,1-2H3,(H2,38,42)(H,39,44)(H,40,43)(H,41,45)/t24-,32-,33?/m0/s1. The molecule has 1 unspecified atom stereocenters. The largest absolute Gasteiger partial charge is 0.449 e. The number of hydrogen-bond acceptors (Lipinski definition) is 5. The van der Waals surface area contributed by atoms with Gasteiger partial charge in [0.1, 0.15) is 24.7 Å². The molecule has 0 fully saturated rings. The first-order valence-corrected chi connectivity index (χ1v) is 15.3. The zero-order chi connectivity index (χ0) is 32.6. The van der Waals surface area contributed by atoms with Gasteiger partial charge >= 0.3 is 6.09 Å². The van der Waals surface area contributed by atoms with Crippen molar-refractivity contribution in [3.63, 3.8) is 0 Å². The third kappa shape index (κ3) is 7.79. The molecule has 1 aliphatic carbocycles. The van der Waals surface area contributed by atoms with E-state index in [1.165, 1.54) is 6.92 Å². The third-order valence-corrected chi connectivity index (χ3v) is 8.21. The van der Waals surface area contributed by atoms with Crippen LogP contribution in [0.4, 0.5) is 4.79 Å². The van der Waals surface area contributed by atoms with E-state index in [9.17, 15) is 19.2 Å². The topological polar surface area (TPSA) is 140 Å². The lowest BCUT2D eigenvalue weighted by Gasteiger charge is -2.23. The van der Waals surface area contributed by atoms with Gasteiger partial charge in [0, 0.05) is 18.8 Å². The molecule has 4 aromatic rings. The number of carbonyl (C=O) groups is 4. The fourth-order valence-corrected chi connectivity index (χ4v) is 5.70. The van der Waals surface area contributed by atoms with Crippen molar-refractivity contribution in [3.05, 3.63) is 131 Å². The summed E-state index contributed by atoms with van der Waals surface area (Å²) in [5.41, 5.74) is 12.6. The quantitative estimate of drug-likeness (QED) is 0.189. The van der Waals surface area contributed by atoms with Crippen LogP contribution in [0.25, 0.3) is 11.1 Å². The predicted molar refractivity (Wildman–Crippen MR) is 176 cm³/mol. The van der Waals surface area contributed by atoms with Crippen molar-refractivity contribution in [3.8, 4) is 11.1 Å². The molecule has 4 amide bonds. The zero-order valence-electron chi connectivity index (χ0n) is 25.9. The van der Waals surface area contributed by atoms with E-state index >= 15 is 0 Å². The Hall–Kier alpha value is -5.44. The molecule has 0 saturated heterocycles. The Kier molecular flexibility index (Phi) is 10.1. The number of hydrogen-bond donors (Lipinski definition) is 4. The minimum atomic E-state index is -1.04. The maximum absolute atomic E-state index is 13.5. The van der Waals surface area contributed by atoms with Gasteiger partial charge in [0.2, 0.25) is 17.7 Å². The van der Waals surface area contributed by atoms with Gasteiger partial charge in [-0.15, -0.1) is 0 Å². The van der Waals surface area contributed by atoms with E-state index < -0.39 is 41.9 Å². The van der Waals surface area contributed by atoms with E-state index in [0.717, 1.165) is 38.9 Å². The summed E-state index contributed by atoms with van der Waals surface area (Å²) in [6.07, 6.45) is -0.368. The molecular weight excluding hydrogens is 580 g/mol. The second kappa shape index (κ2) is 14.6. The number of aryl methyl sites for hydroxylation is 1. The van der Waals surface area contributed by atoms with E-state index in [4.69, 9.17) is 10.5 Å². The molecule has 9 nitrogen and oxygen atoms in total. The van der Waals surface area contributed by atoms with Crippen molar-refractivity contribution in [2.45, 2.75) is 50.7 Å². The monoisotopic (exact) mass is 618 g/mol. The van der Waals surface area contributed by atoms with Crippen LogP contribution in [-0.2, 0) is 32.0 Å². The molecule has 4 aromatic carbocycles. The van der Waals surface area contributed by atoms with Crippen LogP contribution in [0.2, 0.25) is 0 Å². The highest BCUT2D eigenvalue weighted by atomic mass is 16.5. The lowest BCUT2D eigenvalue weighted by molar-refractivity contribution is -0.131. The molecule has 5 rings (SSSR count). The molecule has 0 aromatic heterocycles. The van der Waals surface area contributed by atoms with Gasteiger partial charge in [0.25, 0.3) is 0 Å². The number of benzene rings is 4. The summed E-state index contributed by atoms with van der Waals surface area (Å²) in [6, 6.07) is 29.8. The normalized spacial score (nSPS) is 13.8. The molecule has 46 heavy (non-hydrogen) atoms. The number of carbonyl (C=O) groups excluding carboxylic acids is 4. The summed E-state index contributed by atoms with van der Waals surface area (Å²) >= 11 is 0. The van der Waals surface area contributed by atoms with Crippen LogP contribution < -0.4 is 21.7 Å². The van der Waals surface area contributed by atoms with Crippen molar-refractivity contribution >= 4 is 23.8 Å². The second-order valence-corrected chi connectivity index (χ2v) is 11.6. The van der Waals surface area contributed by atoms with Crippen molar-refractivity contribution in [1.82, 2.24) is 16.0 Å². The lowest BCUT2D eigenvalue weighted by Crippen LogP contribution is -2.56. The maximum atomic E-state index is 13.5. The molecule has 0 radical (unpaired) electrons. The number of ether oxygens (including phenoxy) is 1. The average Bonchev–Trinajstić information content (AvgIpc) is 3.38.